The van der Waals surface area contributed by atoms with Crippen molar-refractivity contribution in [2.75, 3.05) is 19.6 Å². The van der Waals surface area contributed by atoms with Crippen molar-refractivity contribution >= 4 is 24.2 Å². The molecule has 1 aromatic carbocycles. The molecule has 0 radical (unpaired) electrons. The minimum Gasteiger partial charge on any atom is -0.356 e. The van der Waals surface area contributed by atoms with Crippen LogP contribution in [0.25, 0.3) is 0 Å². The van der Waals surface area contributed by atoms with Gasteiger partial charge in [-0.05, 0) is 49.8 Å². The Morgan fingerprint density at radius 2 is 1.75 bits per heavy atom. The van der Waals surface area contributed by atoms with Crippen LogP contribution in [0.4, 0.5) is 0 Å². The Kier molecular flexibility index (Phi) is 7.36. The minimum absolute atomic E-state index is 0. The standard InChI is InChI=1S/C22H31N3O2.ClH/c26-21-19-13-18(14-20(19)23-10-5-1-2-6-11-24-21)22(27)25-12-9-16-7-3-4-8-17(16)15-25;/h3-4,7-8,18-20,23H,1-2,5-6,9-15H2,(H,24,26);1H. The lowest BCUT2D eigenvalue weighted by atomic mass is 9.97. The largest absolute Gasteiger partial charge is 0.356 e. The van der Waals surface area contributed by atoms with Crippen molar-refractivity contribution in [2.24, 2.45) is 11.8 Å². The number of fused-ring (bicyclic) bond motifs is 2. The summed E-state index contributed by atoms with van der Waals surface area (Å²) in [4.78, 5) is 27.9. The molecule has 28 heavy (non-hydrogen) atoms. The molecule has 6 heteroatoms. The second-order valence-electron chi connectivity index (χ2n) is 8.32. The number of nitrogens with zero attached hydrogens (tertiary/aromatic N) is 1. The number of hydrogen-bond donors (Lipinski definition) is 2. The first-order valence-corrected chi connectivity index (χ1v) is 10.6. The molecule has 0 aromatic heterocycles. The molecule has 2 fully saturated rings. The van der Waals surface area contributed by atoms with Crippen molar-refractivity contribution in [1.82, 2.24) is 15.5 Å². The molecule has 3 unspecified atom stereocenters. The van der Waals surface area contributed by atoms with E-state index in [-0.39, 0.29) is 42.1 Å². The van der Waals surface area contributed by atoms with Gasteiger partial charge in [-0.3, -0.25) is 9.59 Å². The van der Waals surface area contributed by atoms with Crippen molar-refractivity contribution in [2.45, 2.75) is 57.5 Å². The van der Waals surface area contributed by atoms with E-state index in [1.807, 2.05) is 11.0 Å². The molecule has 1 saturated heterocycles. The van der Waals surface area contributed by atoms with E-state index in [1.54, 1.807) is 0 Å². The number of benzene rings is 1. The number of carbonyl (C=O) groups is 2. The molecule has 1 aromatic rings. The maximum absolute atomic E-state index is 13.2. The highest BCUT2D eigenvalue weighted by Gasteiger charge is 2.42. The molecule has 4 rings (SSSR count). The van der Waals surface area contributed by atoms with Gasteiger partial charge in [0.15, 0.2) is 0 Å². The fourth-order valence-corrected chi connectivity index (χ4v) is 4.93. The van der Waals surface area contributed by atoms with Gasteiger partial charge in [-0.25, -0.2) is 0 Å². The Morgan fingerprint density at radius 1 is 1.00 bits per heavy atom. The third kappa shape index (κ3) is 4.69. The molecule has 0 spiro atoms. The summed E-state index contributed by atoms with van der Waals surface area (Å²) in [7, 11) is 0. The highest BCUT2D eigenvalue weighted by molar-refractivity contribution is 5.85. The maximum atomic E-state index is 13.2. The van der Waals surface area contributed by atoms with Crippen LogP contribution in [0.2, 0.25) is 0 Å². The van der Waals surface area contributed by atoms with Crippen LogP contribution < -0.4 is 10.6 Å². The van der Waals surface area contributed by atoms with Crippen molar-refractivity contribution < 1.29 is 9.59 Å². The van der Waals surface area contributed by atoms with E-state index in [0.29, 0.717) is 13.0 Å². The minimum atomic E-state index is -0.0749. The monoisotopic (exact) mass is 405 g/mol. The van der Waals surface area contributed by atoms with Gasteiger partial charge in [0.1, 0.15) is 0 Å². The summed E-state index contributed by atoms with van der Waals surface area (Å²) < 4.78 is 0. The zero-order valence-electron chi connectivity index (χ0n) is 16.5. The third-order valence-corrected chi connectivity index (χ3v) is 6.50. The molecular formula is C22H32ClN3O2. The third-order valence-electron chi connectivity index (χ3n) is 6.50. The molecule has 5 nitrogen and oxygen atoms in total. The Labute approximate surface area is 174 Å². The number of carbonyl (C=O) groups excluding carboxylic acids is 2. The van der Waals surface area contributed by atoms with Gasteiger partial charge in [-0.1, -0.05) is 37.1 Å². The highest BCUT2D eigenvalue weighted by Crippen LogP contribution is 2.34. The van der Waals surface area contributed by atoms with Gasteiger partial charge in [0.2, 0.25) is 11.8 Å². The molecule has 1 saturated carbocycles. The fourth-order valence-electron chi connectivity index (χ4n) is 4.93. The molecular weight excluding hydrogens is 374 g/mol. The predicted octanol–water partition coefficient (Wildman–Crippen LogP) is 2.67. The van der Waals surface area contributed by atoms with Crippen LogP contribution in [0.15, 0.2) is 24.3 Å². The summed E-state index contributed by atoms with van der Waals surface area (Å²) in [6, 6.07) is 8.54. The molecule has 1 aliphatic carbocycles. The molecule has 2 amide bonds. The van der Waals surface area contributed by atoms with Gasteiger partial charge in [0, 0.05) is 31.6 Å². The van der Waals surface area contributed by atoms with E-state index in [2.05, 4.69) is 28.8 Å². The average molecular weight is 406 g/mol. The van der Waals surface area contributed by atoms with Crippen molar-refractivity contribution in [1.29, 1.82) is 0 Å². The molecule has 154 valence electrons. The summed E-state index contributed by atoms with van der Waals surface area (Å²) in [5, 5.41) is 6.68. The first-order valence-electron chi connectivity index (χ1n) is 10.6. The van der Waals surface area contributed by atoms with E-state index in [0.717, 1.165) is 45.3 Å². The molecule has 2 aliphatic heterocycles. The van der Waals surface area contributed by atoms with Crippen molar-refractivity contribution in [3.05, 3.63) is 35.4 Å². The van der Waals surface area contributed by atoms with Crippen LogP contribution in [-0.4, -0.2) is 42.4 Å². The quantitative estimate of drug-likeness (QED) is 0.755. The molecule has 2 N–H and O–H groups in total. The Bertz CT molecular complexity index is 696. The second-order valence-corrected chi connectivity index (χ2v) is 8.32. The zero-order chi connectivity index (χ0) is 18.6. The smallest absolute Gasteiger partial charge is 0.226 e. The summed E-state index contributed by atoms with van der Waals surface area (Å²) in [5.74, 6) is 0.257. The van der Waals surface area contributed by atoms with Gasteiger partial charge in [-0.15, -0.1) is 12.4 Å². The van der Waals surface area contributed by atoms with E-state index in [9.17, 15) is 9.59 Å². The normalized spacial score (nSPS) is 28.2. The number of halogens is 1. The molecule has 2 heterocycles. The van der Waals surface area contributed by atoms with E-state index in [1.165, 1.54) is 24.0 Å². The first kappa shape index (κ1) is 21.1. The lowest BCUT2D eigenvalue weighted by molar-refractivity contribution is -0.136. The van der Waals surface area contributed by atoms with Gasteiger partial charge in [-0.2, -0.15) is 0 Å². The molecule has 3 aliphatic rings. The number of nitrogens with one attached hydrogen (secondary N) is 2. The van der Waals surface area contributed by atoms with Gasteiger partial charge < -0.3 is 15.5 Å². The topological polar surface area (TPSA) is 61.4 Å². The number of hydrogen-bond acceptors (Lipinski definition) is 3. The van der Waals surface area contributed by atoms with Crippen LogP contribution in [0, 0.1) is 11.8 Å². The van der Waals surface area contributed by atoms with Gasteiger partial charge >= 0.3 is 0 Å². The van der Waals surface area contributed by atoms with Crippen LogP contribution in [0.3, 0.4) is 0 Å². The lowest BCUT2D eigenvalue weighted by Gasteiger charge is -2.31. The fraction of sp³-hybridized carbons (Fsp3) is 0.636. The highest BCUT2D eigenvalue weighted by atomic mass is 35.5. The summed E-state index contributed by atoms with van der Waals surface area (Å²) in [6.07, 6.45) is 6.98. The van der Waals surface area contributed by atoms with E-state index in [4.69, 9.17) is 0 Å². The van der Waals surface area contributed by atoms with Crippen LogP contribution >= 0.6 is 12.4 Å². The lowest BCUT2D eigenvalue weighted by Crippen LogP contribution is -2.41. The zero-order valence-corrected chi connectivity index (χ0v) is 17.3. The van der Waals surface area contributed by atoms with Crippen LogP contribution in [0.1, 0.15) is 49.7 Å². The average Bonchev–Trinajstić information content (AvgIpc) is 3.11. The Morgan fingerprint density at radius 3 is 2.57 bits per heavy atom. The van der Waals surface area contributed by atoms with Crippen LogP contribution in [-0.2, 0) is 22.6 Å². The van der Waals surface area contributed by atoms with Gasteiger partial charge in [0.25, 0.3) is 0 Å². The second kappa shape index (κ2) is 9.75. The maximum Gasteiger partial charge on any atom is 0.226 e. The van der Waals surface area contributed by atoms with Crippen molar-refractivity contribution in [3.63, 3.8) is 0 Å². The van der Waals surface area contributed by atoms with E-state index < -0.39 is 0 Å². The number of rotatable bonds is 1. The summed E-state index contributed by atoms with van der Waals surface area (Å²) >= 11 is 0. The van der Waals surface area contributed by atoms with E-state index >= 15 is 0 Å². The Hall–Kier alpha value is -1.59. The van der Waals surface area contributed by atoms with Crippen LogP contribution in [0.5, 0.6) is 0 Å². The SMILES string of the molecule is Cl.O=C1NCCCCCCNC2CC(C(=O)N3CCc4ccccc4C3)CC12. The van der Waals surface area contributed by atoms with Crippen molar-refractivity contribution in [3.8, 4) is 0 Å². The number of amides is 2. The molecule has 3 atom stereocenters. The Balaban J connectivity index is 0.00000225. The first-order chi connectivity index (χ1) is 13.2. The summed E-state index contributed by atoms with van der Waals surface area (Å²) in [6.45, 7) is 3.22. The van der Waals surface area contributed by atoms with Gasteiger partial charge in [0.05, 0.1) is 5.92 Å². The summed E-state index contributed by atoms with van der Waals surface area (Å²) in [5.41, 5.74) is 2.63. The predicted molar refractivity (Wildman–Crippen MR) is 112 cm³/mol. The molecule has 0 bridgehead atoms.